The molecular weight excluding hydrogens is 376 g/mol. The number of hydroxylamine groups is 1. The molecule has 4 rings (SSSR count). The first kappa shape index (κ1) is 18.1. The highest BCUT2D eigenvalue weighted by Crippen LogP contribution is 2.31. The number of carbonyl (C=O) groups is 2. The van der Waals surface area contributed by atoms with E-state index in [1.807, 2.05) is 42.5 Å². The highest BCUT2D eigenvalue weighted by atomic mass is 32.1. The van der Waals surface area contributed by atoms with Crippen LogP contribution in [0.4, 0.5) is 9.80 Å². The van der Waals surface area contributed by atoms with Crippen LogP contribution in [-0.4, -0.2) is 33.6 Å². The normalized spacial score (nSPS) is 13.0. The van der Waals surface area contributed by atoms with E-state index in [0.29, 0.717) is 19.5 Å². The average Bonchev–Trinajstić information content (AvgIpc) is 3.21. The van der Waals surface area contributed by atoms with Gasteiger partial charge in [-0.1, -0.05) is 36.4 Å². The number of urea groups is 1. The van der Waals surface area contributed by atoms with Crippen molar-refractivity contribution in [3.8, 4) is 10.4 Å². The van der Waals surface area contributed by atoms with Gasteiger partial charge < -0.3 is 4.90 Å². The number of carbonyl (C=O) groups excluding carboxylic acids is 2. The smallest absolute Gasteiger partial charge is 0.320 e. The molecule has 1 aromatic carbocycles. The highest BCUT2D eigenvalue weighted by Gasteiger charge is 2.23. The molecule has 0 radical (unpaired) electrons. The molecule has 8 heteroatoms. The number of amides is 3. The quantitative estimate of drug-likeness (QED) is 0.468. The third-order valence-corrected chi connectivity index (χ3v) is 5.61. The van der Waals surface area contributed by atoms with Crippen LogP contribution in [0.5, 0.6) is 0 Å². The fraction of sp³-hybridized carbons (Fsp3) is 0.150. The van der Waals surface area contributed by atoms with E-state index in [1.165, 1.54) is 17.4 Å². The topological polar surface area (TPSA) is 94.6 Å². The number of anilines is 1. The van der Waals surface area contributed by atoms with Gasteiger partial charge in [0, 0.05) is 30.1 Å². The monoisotopic (exact) mass is 394 g/mol. The molecule has 1 aliphatic rings. The summed E-state index contributed by atoms with van der Waals surface area (Å²) in [4.78, 5) is 31.2. The van der Waals surface area contributed by atoms with Gasteiger partial charge in [0.1, 0.15) is 5.69 Å². The number of aromatic nitrogens is 1. The minimum atomic E-state index is -0.644. The van der Waals surface area contributed by atoms with E-state index in [4.69, 9.17) is 5.21 Å². The summed E-state index contributed by atoms with van der Waals surface area (Å²) in [6.45, 7) is 0.930. The van der Waals surface area contributed by atoms with Crippen LogP contribution in [0.15, 0.2) is 54.6 Å². The van der Waals surface area contributed by atoms with E-state index in [9.17, 15) is 9.59 Å². The molecule has 0 spiro atoms. The van der Waals surface area contributed by atoms with Crippen molar-refractivity contribution in [1.82, 2.24) is 15.4 Å². The van der Waals surface area contributed by atoms with Crippen LogP contribution in [0.1, 0.15) is 21.7 Å². The van der Waals surface area contributed by atoms with Crippen LogP contribution in [0.2, 0.25) is 0 Å². The van der Waals surface area contributed by atoms with Crippen LogP contribution in [0, 0.1) is 0 Å². The molecule has 0 aliphatic carbocycles. The zero-order valence-corrected chi connectivity index (χ0v) is 15.7. The Morgan fingerprint density at radius 2 is 1.89 bits per heavy atom. The van der Waals surface area contributed by atoms with E-state index in [-0.39, 0.29) is 11.7 Å². The van der Waals surface area contributed by atoms with Crippen molar-refractivity contribution < 1.29 is 14.8 Å². The molecular formula is C20H18N4O3S. The van der Waals surface area contributed by atoms with E-state index in [2.05, 4.69) is 10.3 Å². The first-order valence-corrected chi connectivity index (χ1v) is 9.60. The molecule has 3 amide bonds. The summed E-state index contributed by atoms with van der Waals surface area (Å²) in [5.41, 5.74) is 4.53. The van der Waals surface area contributed by atoms with Crippen LogP contribution in [0.25, 0.3) is 10.4 Å². The van der Waals surface area contributed by atoms with Crippen LogP contribution in [-0.2, 0) is 13.0 Å². The Bertz CT molecular complexity index is 1020. The van der Waals surface area contributed by atoms with E-state index < -0.39 is 5.91 Å². The van der Waals surface area contributed by atoms with Crippen molar-refractivity contribution in [2.24, 2.45) is 0 Å². The predicted molar refractivity (Wildman–Crippen MR) is 106 cm³/mol. The molecule has 142 valence electrons. The van der Waals surface area contributed by atoms with Crippen molar-refractivity contribution in [1.29, 1.82) is 0 Å². The summed E-state index contributed by atoms with van der Waals surface area (Å²) in [5, 5.41) is 12.5. The van der Waals surface area contributed by atoms with Gasteiger partial charge in [0.25, 0.3) is 5.91 Å². The lowest BCUT2D eigenvalue weighted by molar-refractivity contribution is 0.0700. The molecule has 0 bridgehead atoms. The number of hydrogen-bond acceptors (Lipinski definition) is 5. The number of thiophene rings is 1. The Kier molecular flexibility index (Phi) is 5.05. The molecule has 3 heterocycles. The van der Waals surface area contributed by atoms with Crippen molar-refractivity contribution in [3.05, 3.63) is 71.5 Å². The predicted octanol–water partition coefficient (Wildman–Crippen LogP) is 3.52. The Balaban J connectivity index is 1.43. The van der Waals surface area contributed by atoms with Crippen LogP contribution in [0.3, 0.4) is 0 Å². The molecule has 28 heavy (non-hydrogen) atoms. The zero-order chi connectivity index (χ0) is 19.5. The van der Waals surface area contributed by atoms with E-state index >= 15 is 0 Å². The van der Waals surface area contributed by atoms with Crippen LogP contribution >= 0.6 is 11.3 Å². The molecule has 2 aromatic heterocycles. The number of hydrogen-bond donors (Lipinski definition) is 3. The lowest BCUT2D eigenvalue weighted by Crippen LogP contribution is -2.39. The third-order valence-electron chi connectivity index (χ3n) is 4.56. The number of pyridine rings is 1. The second kappa shape index (κ2) is 7.79. The van der Waals surface area contributed by atoms with Crippen molar-refractivity contribution in [3.63, 3.8) is 0 Å². The minimum absolute atomic E-state index is 0.158. The van der Waals surface area contributed by atoms with Gasteiger partial charge in [0.05, 0.1) is 5.00 Å². The third kappa shape index (κ3) is 3.73. The first-order valence-electron chi connectivity index (χ1n) is 8.78. The molecule has 0 fully saturated rings. The van der Waals surface area contributed by atoms with Gasteiger partial charge in [0.2, 0.25) is 0 Å². The average molecular weight is 394 g/mol. The number of fused-ring (bicyclic) bond motifs is 1. The Hall–Kier alpha value is -3.23. The summed E-state index contributed by atoms with van der Waals surface area (Å²) in [6, 6.07) is 17.1. The van der Waals surface area contributed by atoms with Gasteiger partial charge in [-0.15, -0.1) is 11.3 Å². The van der Waals surface area contributed by atoms with Gasteiger partial charge in [-0.2, -0.15) is 0 Å². The van der Waals surface area contributed by atoms with Crippen molar-refractivity contribution >= 4 is 28.3 Å². The molecule has 0 atom stereocenters. The van der Waals surface area contributed by atoms with Gasteiger partial charge >= 0.3 is 6.03 Å². The zero-order valence-electron chi connectivity index (χ0n) is 14.9. The molecule has 3 N–H and O–H groups in total. The summed E-state index contributed by atoms with van der Waals surface area (Å²) in [5.74, 6) is -0.644. The van der Waals surface area contributed by atoms with E-state index in [0.717, 1.165) is 26.7 Å². The van der Waals surface area contributed by atoms with Gasteiger partial charge in [-0.05, 0) is 29.3 Å². The molecule has 7 nitrogen and oxygen atoms in total. The first-order chi connectivity index (χ1) is 13.6. The summed E-state index contributed by atoms with van der Waals surface area (Å²) in [7, 11) is 0. The molecule has 0 saturated heterocycles. The lowest BCUT2D eigenvalue weighted by Gasteiger charge is -2.28. The minimum Gasteiger partial charge on any atom is -0.320 e. The Morgan fingerprint density at radius 1 is 1.07 bits per heavy atom. The summed E-state index contributed by atoms with van der Waals surface area (Å²) < 4.78 is 0. The largest absolute Gasteiger partial charge is 0.322 e. The fourth-order valence-corrected chi connectivity index (χ4v) is 4.02. The maximum atomic E-state index is 12.6. The number of nitrogens with one attached hydrogen (secondary N) is 2. The SMILES string of the molecule is O=C(NO)c1ccc2c(n1)CCN(C(=O)Nc1ccc(-c3ccccc3)s1)C2. The van der Waals surface area contributed by atoms with E-state index in [1.54, 1.807) is 16.4 Å². The fourth-order valence-electron chi connectivity index (χ4n) is 3.12. The van der Waals surface area contributed by atoms with Crippen molar-refractivity contribution in [2.45, 2.75) is 13.0 Å². The standard InChI is InChI=1S/C20H18N4O3S/c25-19(23-27)16-7-6-14-12-24(11-10-15(14)21-16)20(26)22-18-9-8-17(28-18)13-4-2-1-3-5-13/h1-9,27H,10-12H2,(H,22,26)(H,23,25). The van der Waals surface area contributed by atoms with Gasteiger partial charge in [-0.3, -0.25) is 15.3 Å². The Morgan fingerprint density at radius 3 is 2.68 bits per heavy atom. The summed E-state index contributed by atoms with van der Waals surface area (Å²) >= 11 is 1.53. The second-order valence-corrected chi connectivity index (χ2v) is 7.46. The van der Waals surface area contributed by atoms with Gasteiger partial charge in [0.15, 0.2) is 0 Å². The number of nitrogens with zero attached hydrogens (tertiary/aromatic N) is 2. The van der Waals surface area contributed by atoms with Crippen LogP contribution < -0.4 is 10.8 Å². The molecule has 0 saturated carbocycles. The second-order valence-electron chi connectivity index (χ2n) is 6.37. The molecule has 1 aliphatic heterocycles. The Labute approximate surface area is 165 Å². The van der Waals surface area contributed by atoms with Crippen molar-refractivity contribution in [2.75, 3.05) is 11.9 Å². The highest BCUT2D eigenvalue weighted by molar-refractivity contribution is 7.19. The maximum absolute atomic E-state index is 12.6. The molecule has 3 aromatic rings. The van der Waals surface area contributed by atoms with Gasteiger partial charge in [-0.25, -0.2) is 15.3 Å². The number of rotatable bonds is 3. The molecule has 0 unspecified atom stereocenters. The lowest BCUT2D eigenvalue weighted by atomic mass is 10.1. The summed E-state index contributed by atoms with van der Waals surface area (Å²) in [6.07, 6.45) is 0.551. The maximum Gasteiger partial charge on any atom is 0.322 e. The number of benzene rings is 1.